The third-order valence-corrected chi connectivity index (χ3v) is 4.65. The van der Waals surface area contributed by atoms with Crippen molar-refractivity contribution in [3.05, 3.63) is 6.33 Å². The fraction of sp³-hybridized carbons (Fsp3) is 0.727. The van der Waals surface area contributed by atoms with Crippen molar-refractivity contribution in [2.75, 3.05) is 12.4 Å². The molecule has 0 spiro atoms. The van der Waals surface area contributed by atoms with Gasteiger partial charge in [0.25, 0.3) is 0 Å². The number of hydrogen-bond donors (Lipinski definition) is 1. The summed E-state index contributed by atoms with van der Waals surface area (Å²) in [7, 11) is 1.87. The zero-order valence-electron chi connectivity index (χ0n) is 10.2. The number of aryl methyl sites for hydroxylation is 1. The fourth-order valence-electron chi connectivity index (χ4n) is 2.55. The first-order valence-corrected chi connectivity index (χ1v) is 7.10. The van der Waals surface area contributed by atoms with Gasteiger partial charge in [-0.15, -0.1) is 10.2 Å². The highest BCUT2D eigenvalue weighted by atomic mass is 32.2. The Morgan fingerprint density at radius 1 is 1.72 bits per heavy atom. The first-order valence-electron chi connectivity index (χ1n) is 6.12. The van der Waals surface area contributed by atoms with Gasteiger partial charge in [0.05, 0.1) is 11.9 Å². The van der Waals surface area contributed by atoms with Crippen molar-refractivity contribution < 1.29 is 9.53 Å². The highest BCUT2D eigenvalue weighted by Crippen LogP contribution is 2.38. The van der Waals surface area contributed by atoms with Crippen molar-refractivity contribution in [3.8, 4) is 0 Å². The quantitative estimate of drug-likeness (QED) is 0.790. The van der Waals surface area contributed by atoms with Crippen LogP contribution >= 0.6 is 11.8 Å². The number of ether oxygens (including phenoxy) is 1. The van der Waals surface area contributed by atoms with Gasteiger partial charge >= 0.3 is 0 Å². The van der Waals surface area contributed by atoms with Gasteiger partial charge in [-0.05, 0) is 12.8 Å². The van der Waals surface area contributed by atoms with E-state index in [4.69, 9.17) is 4.74 Å². The molecule has 7 heteroatoms. The molecule has 0 radical (unpaired) electrons. The predicted octanol–water partition coefficient (Wildman–Crippen LogP) is 0.201. The predicted molar refractivity (Wildman–Crippen MR) is 66.1 cm³/mol. The topological polar surface area (TPSA) is 69.0 Å². The molecule has 0 bridgehead atoms. The molecule has 18 heavy (non-hydrogen) atoms. The summed E-state index contributed by atoms with van der Waals surface area (Å²) in [5.41, 5.74) is 0. The minimum absolute atomic E-state index is 0.0679. The summed E-state index contributed by atoms with van der Waals surface area (Å²) in [5, 5.41) is 11.5. The molecule has 2 heterocycles. The average molecular weight is 268 g/mol. The molecule has 1 aromatic rings. The summed E-state index contributed by atoms with van der Waals surface area (Å²) in [6.45, 7) is 0.843. The molecular weight excluding hydrogens is 252 g/mol. The molecule has 0 unspecified atom stereocenters. The smallest absolute Gasteiger partial charge is 0.230 e. The van der Waals surface area contributed by atoms with E-state index >= 15 is 0 Å². The molecule has 1 saturated heterocycles. The second-order valence-corrected chi connectivity index (χ2v) is 5.73. The number of aromatic nitrogens is 3. The summed E-state index contributed by atoms with van der Waals surface area (Å²) in [5.74, 6) is 0.994. The van der Waals surface area contributed by atoms with Gasteiger partial charge in [-0.3, -0.25) is 4.79 Å². The average Bonchev–Trinajstić information content (AvgIpc) is 2.90. The van der Waals surface area contributed by atoms with E-state index in [1.165, 1.54) is 11.8 Å². The first kappa shape index (κ1) is 12.0. The van der Waals surface area contributed by atoms with Crippen LogP contribution in [0.25, 0.3) is 0 Å². The molecule has 1 aliphatic heterocycles. The lowest BCUT2D eigenvalue weighted by Crippen LogP contribution is -2.53. The van der Waals surface area contributed by atoms with Crippen LogP contribution in [0.4, 0.5) is 0 Å². The number of fused-ring (bicyclic) bond motifs is 1. The molecule has 1 saturated carbocycles. The molecule has 2 aliphatic rings. The summed E-state index contributed by atoms with van der Waals surface area (Å²) in [6.07, 6.45) is 4.06. The maximum absolute atomic E-state index is 11.8. The van der Waals surface area contributed by atoms with Gasteiger partial charge in [0.2, 0.25) is 5.91 Å². The van der Waals surface area contributed by atoms with Crippen molar-refractivity contribution in [2.45, 2.75) is 30.1 Å². The Labute approximate surface area is 109 Å². The second kappa shape index (κ2) is 4.89. The summed E-state index contributed by atoms with van der Waals surface area (Å²) < 4.78 is 7.33. The summed E-state index contributed by atoms with van der Waals surface area (Å²) >= 11 is 1.41. The molecule has 1 aliphatic carbocycles. The third-order valence-electron chi connectivity index (χ3n) is 3.61. The lowest BCUT2D eigenvalue weighted by atomic mass is 9.76. The molecule has 6 nitrogen and oxygen atoms in total. The highest BCUT2D eigenvalue weighted by molar-refractivity contribution is 7.99. The van der Waals surface area contributed by atoms with Gasteiger partial charge in [-0.25, -0.2) is 0 Å². The Balaban J connectivity index is 1.44. The molecule has 0 aromatic carbocycles. The van der Waals surface area contributed by atoms with Crippen LogP contribution in [-0.2, 0) is 16.6 Å². The van der Waals surface area contributed by atoms with Crippen molar-refractivity contribution in [1.29, 1.82) is 0 Å². The first-order chi connectivity index (χ1) is 8.74. The Kier molecular flexibility index (Phi) is 3.25. The van der Waals surface area contributed by atoms with Gasteiger partial charge in [0.1, 0.15) is 6.33 Å². The van der Waals surface area contributed by atoms with Crippen molar-refractivity contribution in [2.24, 2.45) is 13.0 Å². The lowest BCUT2D eigenvalue weighted by molar-refractivity contribution is -0.121. The largest absolute Gasteiger partial charge is 0.378 e. The fourth-order valence-corrected chi connectivity index (χ4v) is 3.24. The number of rotatable bonds is 4. The van der Waals surface area contributed by atoms with Crippen LogP contribution in [0.1, 0.15) is 12.8 Å². The van der Waals surface area contributed by atoms with Crippen LogP contribution in [-0.4, -0.2) is 45.2 Å². The summed E-state index contributed by atoms with van der Waals surface area (Å²) in [6, 6.07) is 0.310. The van der Waals surface area contributed by atoms with Crippen molar-refractivity contribution in [1.82, 2.24) is 20.1 Å². The SMILES string of the molecule is Cn1cnnc1SCC(=O)N[C@H]1C[C@@H]2OCC[C@H]12. The van der Waals surface area contributed by atoms with E-state index in [9.17, 15) is 4.79 Å². The monoisotopic (exact) mass is 268 g/mol. The molecular formula is C11H16N4O2S. The zero-order chi connectivity index (χ0) is 12.5. The Hall–Kier alpha value is -1.08. The van der Waals surface area contributed by atoms with Crippen LogP contribution in [0, 0.1) is 5.92 Å². The minimum Gasteiger partial charge on any atom is -0.378 e. The third kappa shape index (κ3) is 2.24. The van der Waals surface area contributed by atoms with E-state index in [0.29, 0.717) is 23.8 Å². The molecule has 1 amide bonds. The number of nitrogens with one attached hydrogen (secondary N) is 1. The van der Waals surface area contributed by atoms with E-state index in [1.807, 2.05) is 11.6 Å². The molecule has 3 rings (SSSR count). The molecule has 3 atom stereocenters. The van der Waals surface area contributed by atoms with Crippen molar-refractivity contribution in [3.63, 3.8) is 0 Å². The van der Waals surface area contributed by atoms with E-state index in [-0.39, 0.29) is 5.91 Å². The molecule has 1 N–H and O–H groups in total. The Morgan fingerprint density at radius 2 is 2.61 bits per heavy atom. The summed E-state index contributed by atoms with van der Waals surface area (Å²) in [4.78, 5) is 11.8. The van der Waals surface area contributed by atoms with Gasteiger partial charge in [-0.2, -0.15) is 0 Å². The number of carbonyl (C=O) groups excluding carboxylic acids is 1. The maximum atomic E-state index is 11.8. The van der Waals surface area contributed by atoms with E-state index < -0.39 is 0 Å². The van der Waals surface area contributed by atoms with Crippen LogP contribution in [0.15, 0.2) is 11.5 Å². The normalized spacial score (nSPS) is 29.7. The minimum atomic E-state index is 0.0679. The number of hydrogen-bond acceptors (Lipinski definition) is 5. The van der Waals surface area contributed by atoms with Gasteiger partial charge in [-0.1, -0.05) is 11.8 Å². The van der Waals surface area contributed by atoms with Gasteiger partial charge in [0, 0.05) is 25.6 Å². The number of nitrogens with zero attached hydrogens (tertiary/aromatic N) is 3. The number of carbonyl (C=O) groups is 1. The van der Waals surface area contributed by atoms with Crippen LogP contribution in [0.3, 0.4) is 0 Å². The number of amides is 1. The lowest BCUT2D eigenvalue weighted by Gasteiger charge is -2.39. The van der Waals surface area contributed by atoms with Gasteiger partial charge < -0.3 is 14.6 Å². The molecule has 2 fully saturated rings. The van der Waals surface area contributed by atoms with E-state index in [2.05, 4.69) is 15.5 Å². The maximum Gasteiger partial charge on any atom is 0.230 e. The van der Waals surface area contributed by atoms with E-state index in [0.717, 1.165) is 24.6 Å². The molecule has 1 aromatic heterocycles. The highest BCUT2D eigenvalue weighted by Gasteiger charge is 2.45. The van der Waals surface area contributed by atoms with Crippen LogP contribution in [0.5, 0.6) is 0 Å². The Morgan fingerprint density at radius 3 is 3.33 bits per heavy atom. The van der Waals surface area contributed by atoms with Crippen LogP contribution < -0.4 is 5.32 Å². The standard InChI is InChI=1S/C11H16N4O2S/c1-15-6-12-14-11(15)18-5-10(16)13-8-4-9-7(8)2-3-17-9/h6-9H,2-5H2,1H3,(H,13,16)/t7-,8+,9+/m1/s1. The van der Waals surface area contributed by atoms with Crippen molar-refractivity contribution >= 4 is 17.7 Å². The van der Waals surface area contributed by atoms with E-state index in [1.54, 1.807) is 6.33 Å². The van der Waals surface area contributed by atoms with Crippen LogP contribution in [0.2, 0.25) is 0 Å². The van der Waals surface area contributed by atoms with Gasteiger partial charge in [0.15, 0.2) is 5.16 Å². The zero-order valence-corrected chi connectivity index (χ0v) is 11.0. The number of thioether (sulfide) groups is 1. The second-order valence-electron chi connectivity index (χ2n) is 4.78. The molecule has 98 valence electrons. The Bertz CT molecular complexity index is 450.